The Balaban J connectivity index is 1.82. The zero-order valence-corrected chi connectivity index (χ0v) is 12.7. The zero-order chi connectivity index (χ0) is 15.2. The van der Waals surface area contributed by atoms with E-state index in [0.717, 1.165) is 12.8 Å². The van der Waals surface area contributed by atoms with Crippen molar-refractivity contribution in [3.63, 3.8) is 0 Å². The Morgan fingerprint density at radius 1 is 1.33 bits per heavy atom. The van der Waals surface area contributed by atoms with E-state index in [4.69, 9.17) is 4.42 Å². The van der Waals surface area contributed by atoms with Gasteiger partial charge in [-0.1, -0.05) is 19.3 Å². The molecule has 0 aromatic carbocycles. The molecule has 0 spiro atoms. The van der Waals surface area contributed by atoms with E-state index in [1.807, 2.05) is 0 Å². The van der Waals surface area contributed by atoms with Crippen LogP contribution in [-0.4, -0.2) is 19.0 Å². The van der Waals surface area contributed by atoms with E-state index in [9.17, 15) is 9.59 Å². The molecule has 1 aromatic heterocycles. The molecule has 0 unspecified atom stereocenters. The predicted molar refractivity (Wildman–Crippen MR) is 77.8 cm³/mol. The second kappa shape index (κ2) is 7.29. The summed E-state index contributed by atoms with van der Waals surface area (Å²) in [6, 6.07) is 1.63. The number of rotatable bonds is 5. The molecule has 0 bridgehead atoms. The van der Waals surface area contributed by atoms with Gasteiger partial charge in [-0.05, 0) is 31.7 Å². The van der Waals surface area contributed by atoms with Gasteiger partial charge in [-0.25, -0.2) is 4.79 Å². The van der Waals surface area contributed by atoms with Gasteiger partial charge in [-0.15, -0.1) is 0 Å². The lowest BCUT2D eigenvalue weighted by atomic mass is 9.87. The molecule has 0 atom stereocenters. The third-order valence-corrected chi connectivity index (χ3v) is 4.03. The van der Waals surface area contributed by atoms with Crippen LogP contribution in [0, 0.1) is 12.8 Å². The number of furan rings is 1. The van der Waals surface area contributed by atoms with E-state index in [1.165, 1.54) is 26.4 Å². The van der Waals surface area contributed by atoms with Crippen LogP contribution in [0.4, 0.5) is 0 Å². The monoisotopic (exact) mass is 293 g/mol. The highest BCUT2D eigenvalue weighted by Crippen LogP contribution is 2.26. The van der Waals surface area contributed by atoms with Gasteiger partial charge < -0.3 is 14.5 Å². The van der Waals surface area contributed by atoms with Gasteiger partial charge in [0, 0.05) is 6.42 Å². The minimum atomic E-state index is -0.420. The van der Waals surface area contributed by atoms with Crippen molar-refractivity contribution in [3.8, 4) is 0 Å². The molecule has 1 amide bonds. The smallest absolute Gasteiger partial charge is 0.341 e. The van der Waals surface area contributed by atoms with Crippen LogP contribution in [-0.2, 0) is 16.1 Å². The first kappa shape index (κ1) is 15.6. The average Bonchev–Trinajstić information content (AvgIpc) is 2.86. The van der Waals surface area contributed by atoms with E-state index in [1.54, 1.807) is 13.0 Å². The van der Waals surface area contributed by atoms with Crippen molar-refractivity contribution < 1.29 is 18.7 Å². The molecular formula is C16H23NO4. The molecule has 1 N–H and O–H groups in total. The molecule has 1 aromatic rings. The lowest BCUT2D eigenvalue weighted by Gasteiger charge is -2.20. The fourth-order valence-electron chi connectivity index (χ4n) is 2.85. The maximum atomic E-state index is 11.9. The Labute approximate surface area is 125 Å². The summed E-state index contributed by atoms with van der Waals surface area (Å²) in [5.41, 5.74) is 0.411. The molecule has 1 fully saturated rings. The quantitative estimate of drug-likeness (QED) is 0.847. The summed E-state index contributed by atoms with van der Waals surface area (Å²) in [6.07, 6.45) is 6.65. The predicted octanol–water partition coefficient (Wildman–Crippen LogP) is 2.96. The van der Waals surface area contributed by atoms with Gasteiger partial charge in [-0.3, -0.25) is 4.79 Å². The maximum absolute atomic E-state index is 11.9. The Hall–Kier alpha value is -1.78. The molecule has 1 aliphatic carbocycles. The SMILES string of the molecule is COC(=O)c1cc(CNC(=O)CC2CCCCC2)oc1C. The summed E-state index contributed by atoms with van der Waals surface area (Å²) in [6.45, 7) is 2.02. The molecule has 116 valence electrons. The number of amides is 1. The van der Waals surface area contributed by atoms with E-state index in [2.05, 4.69) is 10.1 Å². The summed E-state index contributed by atoms with van der Waals surface area (Å²) < 4.78 is 10.1. The van der Waals surface area contributed by atoms with Gasteiger partial charge in [0.05, 0.1) is 13.7 Å². The fourth-order valence-corrected chi connectivity index (χ4v) is 2.85. The summed E-state index contributed by atoms with van der Waals surface area (Å²) in [7, 11) is 1.33. The largest absolute Gasteiger partial charge is 0.465 e. The van der Waals surface area contributed by atoms with Crippen LogP contribution in [0.2, 0.25) is 0 Å². The van der Waals surface area contributed by atoms with Crippen LogP contribution in [0.5, 0.6) is 0 Å². The Kier molecular flexibility index (Phi) is 5.42. The molecule has 1 heterocycles. The summed E-state index contributed by atoms with van der Waals surface area (Å²) in [5, 5.41) is 2.86. The fraction of sp³-hybridized carbons (Fsp3) is 0.625. The van der Waals surface area contributed by atoms with Crippen molar-refractivity contribution in [2.24, 2.45) is 5.92 Å². The minimum Gasteiger partial charge on any atom is -0.465 e. The van der Waals surface area contributed by atoms with Crippen molar-refractivity contribution >= 4 is 11.9 Å². The van der Waals surface area contributed by atoms with Crippen LogP contribution >= 0.6 is 0 Å². The van der Waals surface area contributed by atoms with Gasteiger partial charge >= 0.3 is 5.97 Å². The van der Waals surface area contributed by atoms with Crippen molar-refractivity contribution in [2.75, 3.05) is 7.11 Å². The topological polar surface area (TPSA) is 68.5 Å². The van der Waals surface area contributed by atoms with Crippen LogP contribution in [0.3, 0.4) is 0 Å². The number of nitrogens with one attached hydrogen (secondary N) is 1. The van der Waals surface area contributed by atoms with Crippen molar-refractivity contribution in [3.05, 3.63) is 23.2 Å². The van der Waals surface area contributed by atoms with Crippen molar-refractivity contribution in [1.29, 1.82) is 0 Å². The number of carbonyl (C=O) groups is 2. The van der Waals surface area contributed by atoms with Gasteiger partial charge in [0.25, 0.3) is 0 Å². The number of methoxy groups -OCH3 is 1. The molecule has 0 aliphatic heterocycles. The third kappa shape index (κ3) is 4.34. The first-order valence-electron chi connectivity index (χ1n) is 7.54. The Morgan fingerprint density at radius 3 is 2.71 bits per heavy atom. The molecule has 5 nitrogen and oxygen atoms in total. The molecule has 1 aliphatic rings. The van der Waals surface area contributed by atoms with Crippen LogP contribution in [0.1, 0.15) is 60.4 Å². The van der Waals surface area contributed by atoms with Crippen molar-refractivity contribution in [2.45, 2.75) is 52.0 Å². The summed E-state index contributed by atoms with van der Waals surface area (Å²) in [5.74, 6) is 1.23. The van der Waals surface area contributed by atoms with E-state index in [-0.39, 0.29) is 5.91 Å². The molecular weight excluding hydrogens is 270 g/mol. The summed E-state index contributed by atoms with van der Waals surface area (Å²) >= 11 is 0. The molecule has 5 heteroatoms. The van der Waals surface area contributed by atoms with Crippen LogP contribution in [0.25, 0.3) is 0 Å². The number of ether oxygens (including phenoxy) is 1. The lowest BCUT2D eigenvalue weighted by molar-refractivity contribution is -0.122. The first-order valence-corrected chi connectivity index (χ1v) is 7.54. The molecule has 0 saturated heterocycles. The molecule has 0 radical (unpaired) electrons. The zero-order valence-electron chi connectivity index (χ0n) is 12.7. The maximum Gasteiger partial charge on any atom is 0.341 e. The number of carbonyl (C=O) groups excluding carboxylic acids is 2. The normalized spacial score (nSPS) is 15.7. The van der Waals surface area contributed by atoms with Gasteiger partial charge in [0.15, 0.2) is 0 Å². The highest BCUT2D eigenvalue weighted by atomic mass is 16.5. The van der Waals surface area contributed by atoms with Crippen LogP contribution in [0.15, 0.2) is 10.5 Å². The second-order valence-corrected chi connectivity index (χ2v) is 5.66. The standard InChI is InChI=1S/C16H23NO4/c1-11-14(16(19)20-2)9-13(21-11)10-17-15(18)8-12-6-4-3-5-7-12/h9,12H,3-8,10H2,1-2H3,(H,17,18). The molecule has 21 heavy (non-hydrogen) atoms. The van der Waals surface area contributed by atoms with Gasteiger partial charge in [-0.2, -0.15) is 0 Å². The first-order chi connectivity index (χ1) is 10.1. The number of esters is 1. The Bertz CT molecular complexity index is 500. The van der Waals surface area contributed by atoms with E-state index < -0.39 is 5.97 Å². The number of aryl methyl sites for hydroxylation is 1. The lowest BCUT2D eigenvalue weighted by Crippen LogP contribution is -2.25. The highest BCUT2D eigenvalue weighted by molar-refractivity contribution is 5.90. The second-order valence-electron chi connectivity index (χ2n) is 5.66. The number of hydrogen-bond acceptors (Lipinski definition) is 4. The van der Waals surface area contributed by atoms with Crippen molar-refractivity contribution in [1.82, 2.24) is 5.32 Å². The van der Waals surface area contributed by atoms with Gasteiger partial charge in [0.1, 0.15) is 17.1 Å². The van der Waals surface area contributed by atoms with Crippen LogP contribution < -0.4 is 5.32 Å². The average molecular weight is 293 g/mol. The van der Waals surface area contributed by atoms with Gasteiger partial charge in [0.2, 0.25) is 5.91 Å². The highest BCUT2D eigenvalue weighted by Gasteiger charge is 2.18. The third-order valence-electron chi connectivity index (χ3n) is 4.03. The number of hydrogen-bond donors (Lipinski definition) is 1. The van der Waals surface area contributed by atoms with E-state index in [0.29, 0.717) is 36.0 Å². The minimum absolute atomic E-state index is 0.0515. The molecule has 1 saturated carbocycles. The van der Waals surface area contributed by atoms with E-state index >= 15 is 0 Å². The summed E-state index contributed by atoms with van der Waals surface area (Å²) in [4.78, 5) is 23.4. The Morgan fingerprint density at radius 2 is 2.05 bits per heavy atom. The molecule has 2 rings (SSSR count).